The molecule has 0 atom stereocenters. The number of benzene rings is 2. The van der Waals surface area contributed by atoms with E-state index in [1.165, 1.54) is 57.1 Å². The van der Waals surface area contributed by atoms with Gasteiger partial charge in [0, 0.05) is 102 Å². The summed E-state index contributed by atoms with van der Waals surface area (Å²) in [7, 11) is -7.27. The zero-order valence-corrected chi connectivity index (χ0v) is 39.8. The van der Waals surface area contributed by atoms with Crippen molar-refractivity contribution >= 4 is 83.4 Å². The van der Waals surface area contributed by atoms with Crippen molar-refractivity contribution < 1.29 is 36.3 Å². The molecule has 0 saturated carbocycles. The van der Waals surface area contributed by atoms with Crippen LogP contribution in [0.15, 0.2) is 118 Å². The van der Waals surface area contributed by atoms with Gasteiger partial charge in [-0.05, 0) is 92.4 Å². The van der Waals surface area contributed by atoms with Gasteiger partial charge in [0.15, 0.2) is 0 Å². The fraction of sp³-hybridized carbons (Fsp3) is 0.279. The van der Waals surface area contributed by atoms with Crippen LogP contribution in [0.2, 0.25) is 0 Å². The van der Waals surface area contributed by atoms with Crippen LogP contribution in [0.3, 0.4) is 0 Å². The van der Waals surface area contributed by atoms with Gasteiger partial charge in [-0.1, -0.05) is 0 Å². The fourth-order valence-electron chi connectivity index (χ4n) is 7.22. The summed E-state index contributed by atoms with van der Waals surface area (Å²) in [6.07, 6.45) is 7.48. The van der Waals surface area contributed by atoms with Crippen LogP contribution in [0.1, 0.15) is 56.2 Å². The Morgan fingerprint density at radius 1 is 0.609 bits per heavy atom. The summed E-state index contributed by atoms with van der Waals surface area (Å²) in [5, 5.41) is 33.4. The maximum absolute atomic E-state index is 13.1. The number of nitro benzene ring substituents is 2. The fourth-order valence-corrected chi connectivity index (χ4v) is 13.1. The number of non-ortho nitro benzene ring substituents is 2. The van der Waals surface area contributed by atoms with Gasteiger partial charge in [-0.25, -0.2) is 31.8 Å². The van der Waals surface area contributed by atoms with Gasteiger partial charge in [0.2, 0.25) is 5.95 Å². The Morgan fingerprint density at radius 3 is 1.45 bits per heavy atom. The summed E-state index contributed by atoms with van der Waals surface area (Å²) in [5.74, 6) is 0.334. The van der Waals surface area contributed by atoms with E-state index in [0.29, 0.717) is 79.1 Å². The number of nitro groups is 2. The minimum Gasteiger partial charge on any atom is -0.396 e. The molecule has 2 fully saturated rings. The molecule has 0 radical (unpaired) electrons. The lowest BCUT2D eigenvalue weighted by molar-refractivity contribution is -0.385. The van der Waals surface area contributed by atoms with Crippen molar-refractivity contribution in [3.63, 3.8) is 0 Å². The van der Waals surface area contributed by atoms with E-state index < -0.39 is 41.7 Å². The Bertz CT molecular complexity index is 2980. The maximum Gasteiger partial charge on any atom is 0.269 e. The number of carbonyl (C=O) groups excluding carboxylic acids is 2. The van der Waals surface area contributed by atoms with Gasteiger partial charge in [0.1, 0.15) is 14.2 Å². The first-order valence-corrected chi connectivity index (χ1v) is 25.8. The molecule has 6 heterocycles. The highest BCUT2D eigenvalue weighted by Gasteiger charge is 2.32. The van der Waals surface area contributed by atoms with Crippen molar-refractivity contribution in [1.29, 1.82) is 0 Å². The number of carbonyl (C=O) groups is 2. The standard InChI is InChI=1S/C22H24N6O5S2.C21H22N6O5S2/c23-19-2-1-11-24-21(19)26-16-9-12-27(13-10-16)35(32,33)20-8-7-18(34-20)14-25-22(29)15-3-5-17(6-4-15)28(30)31;28-20(15-2-4-17(5-3-15)27(29)30)24-14-18-6-7-19(33-18)34(31,32)26-12-8-16(9-13-26)25-21-22-10-1-11-23-21/h1-8,11,16H,9-10,12-14,23H2,(H,24,26)(H,25,29);1-7,10-11,16H,8-9,12-14H2,(H,24,28)(H,22,23,25). The molecule has 0 unspecified atom stereocenters. The van der Waals surface area contributed by atoms with E-state index in [2.05, 4.69) is 36.2 Å². The number of anilines is 3. The molecule has 6 N–H and O–H groups in total. The molecule has 4 aromatic heterocycles. The zero-order chi connectivity index (χ0) is 49.1. The molecule has 0 bridgehead atoms. The van der Waals surface area contributed by atoms with E-state index in [-0.39, 0.29) is 56.1 Å². The average molecular weight is 1020 g/mol. The van der Waals surface area contributed by atoms with Crippen LogP contribution in [0.5, 0.6) is 0 Å². The van der Waals surface area contributed by atoms with E-state index in [4.69, 9.17) is 5.73 Å². The number of nitrogens with one attached hydrogen (secondary N) is 4. The Labute approximate surface area is 404 Å². The number of thiophene rings is 2. The van der Waals surface area contributed by atoms with Gasteiger partial charge in [-0.3, -0.25) is 29.8 Å². The predicted octanol–water partition coefficient (Wildman–Crippen LogP) is 5.47. The van der Waals surface area contributed by atoms with Crippen LogP contribution in [0, 0.1) is 20.2 Å². The lowest BCUT2D eigenvalue weighted by Crippen LogP contribution is -2.42. The summed E-state index contributed by atoms with van der Waals surface area (Å²) in [6.45, 7) is 1.81. The predicted molar refractivity (Wildman–Crippen MR) is 259 cm³/mol. The third-order valence-corrected chi connectivity index (χ3v) is 17.9. The van der Waals surface area contributed by atoms with Gasteiger partial charge < -0.3 is 27.0 Å². The van der Waals surface area contributed by atoms with Crippen LogP contribution >= 0.6 is 22.7 Å². The zero-order valence-electron chi connectivity index (χ0n) is 36.5. The number of nitrogen functional groups attached to an aromatic ring is 1. The minimum atomic E-state index is -3.64. The van der Waals surface area contributed by atoms with Crippen molar-refractivity contribution in [1.82, 2.24) is 34.2 Å². The van der Waals surface area contributed by atoms with Crippen LogP contribution in [0.4, 0.5) is 28.8 Å². The minimum absolute atomic E-state index is 0.0761. The molecule has 0 aliphatic carbocycles. The number of rotatable bonds is 16. The van der Waals surface area contributed by atoms with E-state index in [9.17, 15) is 46.7 Å². The molecule has 362 valence electrons. The molecule has 2 aromatic carbocycles. The first kappa shape index (κ1) is 49.9. The molecule has 0 spiro atoms. The molecule has 2 aliphatic heterocycles. The quantitative estimate of drug-likeness (QED) is 0.0593. The van der Waals surface area contributed by atoms with Gasteiger partial charge in [0.05, 0.1) is 28.6 Å². The second-order valence-corrected chi connectivity index (χ2v) is 22.2. The Balaban J connectivity index is 0.000000204. The van der Waals surface area contributed by atoms with Crippen LogP contribution in [0.25, 0.3) is 0 Å². The number of nitrogens with zero attached hydrogens (tertiary/aromatic N) is 7. The Hall–Kier alpha value is -6.97. The highest BCUT2D eigenvalue weighted by atomic mass is 32.3. The maximum atomic E-state index is 13.1. The third kappa shape index (κ3) is 13.0. The molecule has 69 heavy (non-hydrogen) atoms. The molecular weight excluding hydrogens is 973 g/mol. The van der Waals surface area contributed by atoms with E-state index in [0.717, 1.165) is 22.7 Å². The average Bonchev–Trinajstić information content (AvgIpc) is 4.06. The number of aromatic nitrogens is 3. The largest absolute Gasteiger partial charge is 0.396 e. The second kappa shape index (κ2) is 22.4. The number of nitrogens with two attached hydrogens (primary N) is 1. The molecule has 2 aliphatic rings. The second-order valence-electron chi connectivity index (χ2n) is 15.6. The topological polar surface area (TPSA) is 308 Å². The summed E-state index contributed by atoms with van der Waals surface area (Å²) >= 11 is 2.22. The molecule has 2 amide bonds. The Morgan fingerprint density at radius 2 is 1.03 bits per heavy atom. The summed E-state index contributed by atoms with van der Waals surface area (Å²) in [6, 6.07) is 22.4. The first-order chi connectivity index (χ1) is 33.1. The highest BCUT2D eigenvalue weighted by molar-refractivity contribution is 7.91. The van der Waals surface area contributed by atoms with Crippen LogP contribution < -0.4 is 27.0 Å². The highest BCUT2D eigenvalue weighted by Crippen LogP contribution is 2.30. The molecule has 26 heteroatoms. The lowest BCUT2D eigenvalue weighted by atomic mass is 10.1. The van der Waals surface area contributed by atoms with Gasteiger partial charge >= 0.3 is 0 Å². The van der Waals surface area contributed by atoms with Crippen LogP contribution in [-0.4, -0.2) is 100 Å². The van der Waals surface area contributed by atoms with Crippen molar-refractivity contribution in [2.75, 3.05) is 42.5 Å². The summed E-state index contributed by atoms with van der Waals surface area (Å²) in [4.78, 5) is 58.9. The number of sulfonamides is 2. The van der Waals surface area contributed by atoms with E-state index in [1.807, 2.05) is 0 Å². The number of hydrogen-bond donors (Lipinski definition) is 5. The number of amides is 2. The van der Waals surface area contributed by atoms with Crippen molar-refractivity contribution in [2.24, 2.45) is 0 Å². The van der Waals surface area contributed by atoms with E-state index >= 15 is 0 Å². The molecule has 8 rings (SSSR count). The smallest absolute Gasteiger partial charge is 0.269 e. The molecule has 6 aromatic rings. The van der Waals surface area contributed by atoms with Gasteiger partial charge in [0.25, 0.3) is 43.2 Å². The first-order valence-electron chi connectivity index (χ1n) is 21.3. The molecular formula is C43H46N12O10S4. The van der Waals surface area contributed by atoms with Crippen LogP contribution in [-0.2, 0) is 33.1 Å². The third-order valence-electron chi connectivity index (χ3n) is 11.0. The normalized spacial score (nSPS) is 15.0. The number of piperidine rings is 2. The van der Waals surface area contributed by atoms with Gasteiger partial charge in [-0.2, -0.15) is 8.61 Å². The monoisotopic (exact) mass is 1020 g/mol. The number of pyridine rings is 1. The summed E-state index contributed by atoms with van der Waals surface area (Å²) in [5.41, 5.74) is 6.84. The SMILES string of the molecule is Nc1cccnc1NC1CCN(S(=O)(=O)c2ccc(CNC(=O)c3ccc([N+](=O)[O-])cc3)s2)CC1.O=C(NCc1ccc(S(=O)(=O)N2CCC(Nc3ncccn3)CC2)s1)c1ccc([N+](=O)[O-])cc1. The molecule has 22 nitrogen and oxygen atoms in total. The van der Waals surface area contributed by atoms with Crippen molar-refractivity contribution in [2.45, 2.75) is 59.3 Å². The Kier molecular flexibility index (Phi) is 16.2. The van der Waals surface area contributed by atoms with Crippen molar-refractivity contribution in [3.05, 3.63) is 151 Å². The lowest BCUT2D eigenvalue weighted by Gasteiger charge is -2.31. The number of hydrogen-bond acceptors (Lipinski definition) is 18. The summed E-state index contributed by atoms with van der Waals surface area (Å²) < 4.78 is 55.7. The molecule has 2 saturated heterocycles. The van der Waals surface area contributed by atoms with E-state index in [1.54, 1.807) is 61.1 Å². The van der Waals surface area contributed by atoms with Gasteiger partial charge in [-0.15, -0.1) is 22.7 Å². The van der Waals surface area contributed by atoms with Crippen molar-refractivity contribution in [3.8, 4) is 0 Å².